The number of hydrogen-bond acceptors (Lipinski definition) is 2. The number of benzene rings is 1. The molecule has 0 bridgehead atoms. The van der Waals surface area contributed by atoms with Crippen LogP contribution in [0.2, 0.25) is 0 Å². The average Bonchev–Trinajstić information content (AvgIpc) is 2.80. The monoisotopic (exact) mass is 300 g/mol. The fraction of sp³-hybridized carbons (Fsp3) is 0.632. The van der Waals surface area contributed by atoms with E-state index < -0.39 is 0 Å². The molecule has 22 heavy (non-hydrogen) atoms. The summed E-state index contributed by atoms with van der Waals surface area (Å²) in [7, 11) is 0. The molecule has 1 aliphatic carbocycles. The molecule has 0 aromatic heterocycles. The maximum atomic E-state index is 12.5. The van der Waals surface area contributed by atoms with Gasteiger partial charge in [-0.2, -0.15) is 0 Å². The molecular formula is C19H28N2O. The fourth-order valence-electron chi connectivity index (χ4n) is 4.06. The third kappa shape index (κ3) is 2.99. The zero-order valence-electron chi connectivity index (χ0n) is 14.0. The van der Waals surface area contributed by atoms with Crippen LogP contribution in [-0.4, -0.2) is 24.5 Å². The second-order valence-corrected chi connectivity index (χ2v) is 7.25. The zero-order valence-corrected chi connectivity index (χ0v) is 14.0. The molecular weight excluding hydrogens is 272 g/mol. The topological polar surface area (TPSA) is 32.3 Å². The van der Waals surface area contributed by atoms with Gasteiger partial charge in [0.05, 0.1) is 6.54 Å². The summed E-state index contributed by atoms with van der Waals surface area (Å²) >= 11 is 0. The molecule has 1 heterocycles. The molecule has 4 unspecified atom stereocenters. The van der Waals surface area contributed by atoms with Crippen LogP contribution in [0.25, 0.3) is 0 Å². The van der Waals surface area contributed by atoms with Crippen LogP contribution in [-0.2, 0) is 11.2 Å². The van der Waals surface area contributed by atoms with Crippen molar-refractivity contribution in [3.8, 4) is 0 Å². The van der Waals surface area contributed by atoms with E-state index in [2.05, 4.69) is 55.3 Å². The highest BCUT2D eigenvalue weighted by atomic mass is 16.2. The van der Waals surface area contributed by atoms with Gasteiger partial charge >= 0.3 is 0 Å². The SMILES string of the molecule is CC1CCCC(NC(=O)CN2c3ccccc3CC2C)C1C. The Labute approximate surface area is 134 Å². The van der Waals surface area contributed by atoms with E-state index in [0.717, 1.165) is 12.8 Å². The number of carbonyl (C=O) groups is 1. The molecule has 1 amide bonds. The molecule has 2 aliphatic rings. The van der Waals surface area contributed by atoms with Gasteiger partial charge in [-0.25, -0.2) is 0 Å². The van der Waals surface area contributed by atoms with Crippen LogP contribution in [0.5, 0.6) is 0 Å². The lowest BCUT2D eigenvalue weighted by molar-refractivity contribution is -0.121. The summed E-state index contributed by atoms with van der Waals surface area (Å²) in [6.07, 6.45) is 4.70. The van der Waals surface area contributed by atoms with Crippen LogP contribution in [0.15, 0.2) is 24.3 Å². The largest absolute Gasteiger partial charge is 0.359 e. The Balaban J connectivity index is 1.62. The highest BCUT2D eigenvalue weighted by Crippen LogP contribution is 2.32. The van der Waals surface area contributed by atoms with Crippen molar-refractivity contribution in [3.05, 3.63) is 29.8 Å². The molecule has 3 nitrogen and oxygen atoms in total. The molecule has 0 saturated heterocycles. The lowest BCUT2D eigenvalue weighted by Crippen LogP contribution is -2.48. The molecule has 1 fully saturated rings. The van der Waals surface area contributed by atoms with Gasteiger partial charge in [-0.05, 0) is 43.2 Å². The maximum Gasteiger partial charge on any atom is 0.239 e. The van der Waals surface area contributed by atoms with E-state index in [1.165, 1.54) is 24.1 Å². The second kappa shape index (κ2) is 6.31. The van der Waals surface area contributed by atoms with Crippen molar-refractivity contribution in [1.29, 1.82) is 0 Å². The molecule has 3 heteroatoms. The normalized spacial score (nSPS) is 31.0. The Hall–Kier alpha value is -1.51. The Bertz CT molecular complexity index is 542. The standard InChI is InChI=1S/C19H28N2O/c1-13-7-6-9-17(15(13)3)20-19(22)12-21-14(2)11-16-8-4-5-10-18(16)21/h4-5,8,10,13-15,17H,6-7,9,11-12H2,1-3H3,(H,20,22). The highest BCUT2D eigenvalue weighted by Gasteiger charge is 2.30. The molecule has 0 radical (unpaired) electrons. The van der Waals surface area contributed by atoms with E-state index in [-0.39, 0.29) is 5.91 Å². The van der Waals surface area contributed by atoms with Gasteiger partial charge in [-0.1, -0.05) is 44.9 Å². The van der Waals surface area contributed by atoms with Gasteiger partial charge in [-0.15, -0.1) is 0 Å². The number of rotatable bonds is 3. The van der Waals surface area contributed by atoms with Crippen LogP contribution in [0.4, 0.5) is 5.69 Å². The summed E-state index contributed by atoms with van der Waals surface area (Å²) in [5, 5.41) is 3.30. The van der Waals surface area contributed by atoms with Crippen molar-refractivity contribution in [2.45, 2.75) is 58.5 Å². The lowest BCUT2D eigenvalue weighted by Gasteiger charge is -2.35. The predicted octanol–water partition coefficient (Wildman–Crippen LogP) is 3.38. The predicted molar refractivity (Wildman–Crippen MR) is 91.1 cm³/mol. The van der Waals surface area contributed by atoms with Crippen molar-refractivity contribution < 1.29 is 4.79 Å². The first kappa shape index (κ1) is 15.4. The number of nitrogens with one attached hydrogen (secondary N) is 1. The molecule has 1 aromatic rings. The molecule has 1 aliphatic heterocycles. The molecule has 4 atom stereocenters. The van der Waals surface area contributed by atoms with E-state index in [1.54, 1.807) is 0 Å². The second-order valence-electron chi connectivity index (χ2n) is 7.25. The van der Waals surface area contributed by atoms with Gasteiger partial charge in [-0.3, -0.25) is 4.79 Å². The molecule has 1 aromatic carbocycles. The van der Waals surface area contributed by atoms with Gasteiger partial charge in [0.2, 0.25) is 5.91 Å². The number of anilines is 1. The summed E-state index contributed by atoms with van der Waals surface area (Å²) in [6.45, 7) is 7.28. The quantitative estimate of drug-likeness (QED) is 0.928. The number of hydrogen-bond donors (Lipinski definition) is 1. The molecule has 120 valence electrons. The smallest absolute Gasteiger partial charge is 0.239 e. The summed E-state index contributed by atoms with van der Waals surface area (Å²) < 4.78 is 0. The summed E-state index contributed by atoms with van der Waals surface area (Å²) in [6, 6.07) is 9.22. The van der Waals surface area contributed by atoms with Gasteiger partial charge in [0.15, 0.2) is 0 Å². The first-order valence-corrected chi connectivity index (χ1v) is 8.70. The Kier molecular flexibility index (Phi) is 4.42. The minimum atomic E-state index is 0.175. The first-order valence-electron chi connectivity index (χ1n) is 8.70. The lowest BCUT2D eigenvalue weighted by atomic mass is 9.78. The summed E-state index contributed by atoms with van der Waals surface area (Å²) in [5.41, 5.74) is 2.60. The van der Waals surface area contributed by atoms with Crippen molar-refractivity contribution in [1.82, 2.24) is 5.32 Å². The van der Waals surface area contributed by atoms with Gasteiger partial charge in [0.25, 0.3) is 0 Å². The third-order valence-corrected chi connectivity index (χ3v) is 5.72. The number of amides is 1. The van der Waals surface area contributed by atoms with Crippen LogP contribution in [0.1, 0.15) is 45.6 Å². The third-order valence-electron chi connectivity index (χ3n) is 5.72. The summed E-state index contributed by atoms with van der Waals surface area (Å²) in [4.78, 5) is 14.8. The number of nitrogens with zero attached hydrogens (tertiary/aromatic N) is 1. The Morgan fingerprint density at radius 2 is 2.00 bits per heavy atom. The van der Waals surface area contributed by atoms with Crippen LogP contribution >= 0.6 is 0 Å². The number of para-hydroxylation sites is 1. The maximum absolute atomic E-state index is 12.5. The van der Waals surface area contributed by atoms with E-state index in [0.29, 0.717) is 30.5 Å². The van der Waals surface area contributed by atoms with Crippen LogP contribution < -0.4 is 10.2 Å². The average molecular weight is 300 g/mol. The van der Waals surface area contributed by atoms with Gasteiger partial charge in [0.1, 0.15) is 0 Å². The zero-order chi connectivity index (χ0) is 15.7. The van der Waals surface area contributed by atoms with E-state index in [9.17, 15) is 4.79 Å². The van der Waals surface area contributed by atoms with Crippen molar-refractivity contribution in [3.63, 3.8) is 0 Å². The molecule has 1 N–H and O–H groups in total. The number of carbonyl (C=O) groups excluding carboxylic acids is 1. The first-order chi connectivity index (χ1) is 10.6. The number of fused-ring (bicyclic) bond motifs is 1. The van der Waals surface area contributed by atoms with Crippen LogP contribution in [0, 0.1) is 11.8 Å². The fourth-order valence-corrected chi connectivity index (χ4v) is 4.06. The highest BCUT2D eigenvalue weighted by molar-refractivity contribution is 5.82. The molecule has 3 rings (SSSR count). The molecule has 1 saturated carbocycles. The minimum absolute atomic E-state index is 0.175. The Morgan fingerprint density at radius 3 is 2.82 bits per heavy atom. The van der Waals surface area contributed by atoms with Crippen LogP contribution in [0.3, 0.4) is 0 Å². The Morgan fingerprint density at radius 1 is 1.23 bits per heavy atom. The van der Waals surface area contributed by atoms with Gasteiger partial charge < -0.3 is 10.2 Å². The van der Waals surface area contributed by atoms with Gasteiger partial charge in [0, 0.05) is 17.8 Å². The van der Waals surface area contributed by atoms with Crippen molar-refractivity contribution >= 4 is 11.6 Å². The summed E-state index contributed by atoms with van der Waals surface area (Å²) in [5.74, 6) is 1.47. The minimum Gasteiger partial charge on any atom is -0.359 e. The van der Waals surface area contributed by atoms with E-state index in [4.69, 9.17) is 0 Å². The van der Waals surface area contributed by atoms with E-state index >= 15 is 0 Å². The van der Waals surface area contributed by atoms with E-state index in [1.807, 2.05) is 0 Å². The molecule has 0 spiro atoms. The van der Waals surface area contributed by atoms with Crippen molar-refractivity contribution in [2.75, 3.05) is 11.4 Å². The van der Waals surface area contributed by atoms with Crippen molar-refractivity contribution in [2.24, 2.45) is 11.8 Å².